The van der Waals surface area contributed by atoms with Gasteiger partial charge in [-0.1, -0.05) is 17.7 Å². The van der Waals surface area contributed by atoms with Gasteiger partial charge in [0.2, 0.25) is 0 Å². The smallest absolute Gasteiger partial charge is 0.335 e. The first-order valence-electron chi connectivity index (χ1n) is 7.61. The Balaban J connectivity index is 1.91. The molecule has 0 aliphatic heterocycles. The maximum Gasteiger partial charge on any atom is 0.335 e. The molecule has 24 heavy (non-hydrogen) atoms. The number of imidazole rings is 1. The number of aromatic carboxylic acids is 1. The van der Waals surface area contributed by atoms with E-state index in [0.29, 0.717) is 17.9 Å². The molecule has 1 heterocycles. The van der Waals surface area contributed by atoms with Gasteiger partial charge < -0.3 is 19.5 Å². The molecule has 0 atom stereocenters. The lowest BCUT2D eigenvalue weighted by Crippen LogP contribution is -2.09. The number of hydrogen-bond donors (Lipinski definition) is 2. The lowest BCUT2D eigenvalue weighted by molar-refractivity contribution is 0.0697. The quantitative estimate of drug-likeness (QED) is 0.727. The van der Waals surface area contributed by atoms with Crippen LogP contribution in [-0.4, -0.2) is 32.3 Å². The number of hydrogen-bond acceptors (Lipinski definition) is 4. The van der Waals surface area contributed by atoms with E-state index in [0.717, 1.165) is 16.8 Å². The predicted octanol–water partition coefficient (Wildman–Crippen LogP) is 2.61. The van der Waals surface area contributed by atoms with Crippen molar-refractivity contribution in [1.82, 2.24) is 9.55 Å². The zero-order valence-corrected chi connectivity index (χ0v) is 13.3. The number of aliphatic hydroxyl groups is 1. The van der Waals surface area contributed by atoms with Crippen molar-refractivity contribution in [1.29, 1.82) is 0 Å². The summed E-state index contributed by atoms with van der Waals surface area (Å²) >= 11 is 0. The Kier molecular flexibility index (Phi) is 4.48. The monoisotopic (exact) mass is 326 g/mol. The molecular formula is C18H18N2O4. The number of carboxylic acids is 1. The van der Waals surface area contributed by atoms with E-state index in [1.54, 1.807) is 6.07 Å². The maximum absolute atomic E-state index is 11.1. The van der Waals surface area contributed by atoms with Gasteiger partial charge >= 0.3 is 5.97 Å². The van der Waals surface area contributed by atoms with E-state index < -0.39 is 5.97 Å². The second kappa shape index (κ2) is 6.72. The molecule has 6 nitrogen and oxygen atoms in total. The van der Waals surface area contributed by atoms with Crippen LogP contribution in [0.3, 0.4) is 0 Å². The SMILES string of the molecule is Cc1ccc(OCc2nc3cc(C(=O)O)ccc3n2CCO)cc1. The molecule has 124 valence electrons. The molecule has 2 N–H and O–H groups in total. The van der Waals surface area contributed by atoms with Gasteiger partial charge in [-0.15, -0.1) is 0 Å². The van der Waals surface area contributed by atoms with Gasteiger partial charge in [0.1, 0.15) is 18.2 Å². The van der Waals surface area contributed by atoms with E-state index in [4.69, 9.17) is 9.84 Å². The lowest BCUT2D eigenvalue weighted by Gasteiger charge is -2.09. The standard InChI is InChI=1S/C18H18N2O4/c1-12-2-5-14(6-3-12)24-11-17-19-15-10-13(18(22)23)4-7-16(15)20(17)8-9-21/h2-7,10,21H,8-9,11H2,1H3,(H,22,23). The van der Waals surface area contributed by atoms with Crippen LogP contribution >= 0.6 is 0 Å². The molecular weight excluding hydrogens is 308 g/mol. The lowest BCUT2D eigenvalue weighted by atomic mass is 10.2. The Morgan fingerprint density at radius 1 is 1.21 bits per heavy atom. The minimum absolute atomic E-state index is 0.0380. The topological polar surface area (TPSA) is 84.6 Å². The first-order chi connectivity index (χ1) is 11.6. The zero-order valence-electron chi connectivity index (χ0n) is 13.3. The first kappa shape index (κ1) is 16.0. The minimum atomic E-state index is -0.994. The van der Waals surface area contributed by atoms with E-state index in [1.165, 1.54) is 12.1 Å². The number of aryl methyl sites for hydroxylation is 1. The Hall–Kier alpha value is -2.86. The van der Waals surface area contributed by atoms with Crippen molar-refractivity contribution in [2.45, 2.75) is 20.1 Å². The fourth-order valence-electron chi connectivity index (χ4n) is 2.55. The van der Waals surface area contributed by atoms with Gasteiger partial charge in [0, 0.05) is 6.54 Å². The summed E-state index contributed by atoms with van der Waals surface area (Å²) in [6.07, 6.45) is 0. The number of nitrogens with zero attached hydrogens (tertiary/aromatic N) is 2. The summed E-state index contributed by atoms with van der Waals surface area (Å²) in [6.45, 7) is 2.57. The summed E-state index contributed by atoms with van der Waals surface area (Å²) in [7, 11) is 0. The fraction of sp³-hybridized carbons (Fsp3) is 0.222. The summed E-state index contributed by atoms with van der Waals surface area (Å²) < 4.78 is 7.60. The molecule has 3 rings (SSSR count). The van der Waals surface area contributed by atoms with Crippen LogP contribution in [0.15, 0.2) is 42.5 Å². The van der Waals surface area contributed by atoms with Gasteiger partial charge in [-0.2, -0.15) is 0 Å². The van der Waals surface area contributed by atoms with Crippen LogP contribution in [0.5, 0.6) is 5.75 Å². The van der Waals surface area contributed by atoms with Crippen LogP contribution in [0.2, 0.25) is 0 Å². The van der Waals surface area contributed by atoms with E-state index in [9.17, 15) is 9.90 Å². The number of aromatic nitrogens is 2. The number of ether oxygens (including phenoxy) is 1. The van der Waals surface area contributed by atoms with Gasteiger partial charge in [0.25, 0.3) is 0 Å². The summed E-state index contributed by atoms with van der Waals surface area (Å²) in [6, 6.07) is 12.5. The third kappa shape index (κ3) is 3.23. The average Bonchev–Trinajstić information content (AvgIpc) is 2.92. The van der Waals surface area contributed by atoms with Crippen molar-refractivity contribution in [2.24, 2.45) is 0 Å². The number of benzene rings is 2. The molecule has 6 heteroatoms. The Morgan fingerprint density at radius 2 is 1.96 bits per heavy atom. The Bertz CT molecular complexity index is 869. The van der Waals surface area contributed by atoms with Crippen LogP contribution in [0.1, 0.15) is 21.7 Å². The van der Waals surface area contributed by atoms with Gasteiger partial charge in [-0.05, 0) is 37.3 Å². The summed E-state index contributed by atoms with van der Waals surface area (Å²) in [5, 5.41) is 18.4. The van der Waals surface area contributed by atoms with Crippen molar-refractivity contribution < 1.29 is 19.7 Å². The molecule has 0 amide bonds. The van der Waals surface area contributed by atoms with Gasteiger partial charge in [0.05, 0.1) is 23.2 Å². The zero-order chi connectivity index (χ0) is 17.1. The molecule has 2 aromatic carbocycles. The highest BCUT2D eigenvalue weighted by molar-refractivity contribution is 5.92. The molecule has 0 bridgehead atoms. The average molecular weight is 326 g/mol. The van der Waals surface area contributed by atoms with Crippen molar-refractivity contribution in [2.75, 3.05) is 6.61 Å². The normalized spacial score (nSPS) is 10.9. The highest BCUT2D eigenvalue weighted by Crippen LogP contribution is 2.20. The van der Waals surface area contributed by atoms with Crippen LogP contribution in [0.25, 0.3) is 11.0 Å². The van der Waals surface area contributed by atoms with E-state index >= 15 is 0 Å². The van der Waals surface area contributed by atoms with Crippen molar-refractivity contribution in [3.8, 4) is 5.75 Å². The van der Waals surface area contributed by atoms with E-state index in [2.05, 4.69) is 4.98 Å². The van der Waals surface area contributed by atoms with Crippen molar-refractivity contribution in [3.63, 3.8) is 0 Å². The highest BCUT2D eigenvalue weighted by Gasteiger charge is 2.13. The van der Waals surface area contributed by atoms with E-state index in [1.807, 2.05) is 35.8 Å². The maximum atomic E-state index is 11.1. The molecule has 0 fully saturated rings. The molecule has 1 aromatic heterocycles. The third-order valence-electron chi connectivity index (χ3n) is 3.79. The number of carboxylic acid groups (broad SMARTS) is 1. The number of rotatable bonds is 6. The highest BCUT2D eigenvalue weighted by atomic mass is 16.5. The van der Waals surface area contributed by atoms with Gasteiger partial charge in [-0.3, -0.25) is 0 Å². The van der Waals surface area contributed by atoms with Crippen molar-refractivity contribution in [3.05, 3.63) is 59.4 Å². The molecule has 0 aliphatic rings. The number of fused-ring (bicyclic) bond motifs is 1. The largest absolute Gasteiger partial charge is 0.486 e. The molecule has 3 aromatic rings. The molecule has 0 unspecified atom stereocenters. The summed E-state index contributed by atoms with van der Waals surface area (Å²) in [5.74, 6) is 0.377. The first-order valence-corrected chi connectivity index (χ1v) is 7.61. The molecule has 0 aliphatic carbocycles. The minimum Gasteiger partial charge on any atom is -0.486 e. The number of carbonyl (C=O) groups is 1. The predicted molar refractivity (Wildman–Crippen MR) is 89.3 cm³/mol. The third-order valence-corrected chi connectivity index (χ3v) is 3.79. The summed E-state index contributed by atoms with van der Waals surface area (Å²) in [5.41, 5.74) is 2.68. The van der Waals surface area contributed by atoms with Gasteiger partial charge in [0.15, 0.2) is 0 Å². The van der Waals surface area contributed by atoms with Crippen molar-refractivity contribution >= 4 is 17.0 Å². The van der Waals surface area contributed by atoms with Crippen LogP contribution in [0.4, 0.5) is 0 Å². The Morgan fingerprint density at radius 3 is 2.62 bits per heavy atom. The van der Waals surface area contributed by atoms with E-state index in [-0.39, 0.29) is 18.8 Å². The number of aliphatic hydroxyl groups excluding tert-OH is 1. The molecule has 0 saturated heterocycles. The Labute approximate surface area is 138 Å². The second-order valence-electron chi connectivity index (χ2n) is 5.51. The molecule has 0 radical (unpaired) electrons. The fourth-order valence-corrected chi connectivity index (χ4v) is 2.55. The second-order valence-corrected chi connectivity index (χ2v) is 5.51. The van der Waals surface area contributed by atoms with Crippen LogP contribution < -0.4 is 4.74 Å². The molecule has 0 saturated carbocycles. The van der Waals surface area contributed by atoms with Gasteiger partial charge in [-0.25, -0.2) is 9.78 Å². The molecule has 0 spiro atoms. The van der Waals surface area contributed by atoms with Crippen LogP contribution in [0, 0.1) is 6.92 Å². The summed E-state index contributed by atoms with van der Waals surface area (Å²) in [4.78, 5) is 15.6. The van der Waals surface area contributed by atoms with Crippen LogP contribution in [-0.2, 0) is 13.2 Å².